The number of amides is 1. The maximum Gasteiger partial charge on any atom is 0.248 e. The van der Waals surface area contributed by atoms with Gasteiger partial charge in [-0.2, -0.15) is 0 Å². The number of benzene rings is 2. The van der Waals surface area contributed by atoms with Gasteiger partial charge < -0.3 is 10.5 Å². The van der Waals surface area contributed by atoms with Crippen LogP contribution in [0.5, 0.6) is 5.75 Å². The van der Waals surface area contributed by atoms with Crippen molar-refractivity contribution in [2.45, 2.75) is 45.2 Å². The minimum Gasteiger partial charge on any atom is -0.492 e. The molecule has 26 heavy (non-hydrogen) atoms. The molecule has 138 valence electrons. The molecular formula is C22H28N2O2. The molecule has 1 heterocycles. The van der Waals surface area contributed by atoms with E-state index in [1.807, 2.05) is 12.1 Å². The van der Waals surface area contributed by atoms with Crippen LogP contribution in [-0.4, -0.2) is 30.0 Å². The number of nitrogens with two attached hydrogens (primary N) is 1. The summed E-state index contributed by atoms with van der Waals surface area (Å²) in [6, 6.07) is 16.4. The Morgan fingerprint density at radius 1 is 1.19 bits per heavy atom. The number of hydrogen-bond donors (Lipinski definition) is 1. The summed E-state index contributed by atoms with van der Waals surface area (Å²) in [6.07, 6.45) is 4.52. The third-order valence-corrected chi connectivity index (χ3v) is 5.03. The lowest BCUT2D eigenvalue weighted by atomic mass is 9.98. The van der Waals surface area contributed by atoms with Crippen LogP contribution in [0.1, 0.15) is 47.7 Å². The van der Waals surface area contributed by atoms with Crippen LogP contribution in [0.4, 0.5) is 0 Å². The summed E-state index contributed by atoms with van der Waals surface area (Å²) in [5.41, 5.74) is 8.38. The van der Waals surface area contributed by atoms with E-state index >= 15 is 0 Å². The van der Waals surface area contributed by atoms with Crippen molar-refractivity contribution in [3.8, 4) is 5.75 Å². The molecule has 0 saturated carbocycles. The van der Waals surface area contributed by atoms with Crippen molar-refractivity contribution in [2.24, 2.45) is 5.73 Å². The maximum absolute atomic E-state index is 11.5. The number of ether oxygens (including phenoxy) is 1. The van der Waals surface area contributed by atoms with Gasteiger partial charge in [-0.15, -0.1) is 0 Å². The molecule has 1 aliphatic heterocycles. The average molecular weight is 352 g/mol. The quantitative estimate of drug-likeness (QED) is 0.736. The van der Waals surface area contributed by atoms with Gasteiger partial charge in [-0.3, -0.25) is 9.69 Å². The maximum atomic E-state index is 11.5. The fourth-order valence-corrected chi connectivity index (χ4v) is 3.54. The highest BCUT2D eigenvalue weighted by molar-refractivity contribution is 5.93. The van der Waals surface area contributed by atoms with Crippen molar-refractivity contribution in [3.63, 3.8) is 0 Å². The first-order valence-electron chi connectivity index (χ1n) is 9.51. The van der Waals surface area contributed by atoms with E-state index in [0.717, 1.165) is 30.8 Å². The van der Waals surface area contributed by atoms with Crippen LogP contribution >= 0.6 is 0 Å². The highest BCUT2D eigenvalue weighted by atomic mass is 16.5. The molecule has 0 aromatic heterocycles. The zero-order chi connectivity index (χ0) is 18.4. The van der Waals surface area contributed by atoms with E-state index < -0.39 is 0 Å². The Balaban J connectivity index is 1.75. The Bertz CT molecular complexity index is 730. The van der Waals surface area contributed by atoms with Crippen LogP contribution in [0.15, 0.2) is 48.5 Å². The molecule has 4 nitrogen and oxygen atoms in total. The first-order chi connectivity index (χ1) is 12.7. The van der Waals surface area contributed by atoms with Crippen LogP contribution in [-0.2, 0) is 13.0 Å². The van der Waals surface area contributed by atoms with E-state index in [0.29, 0.717) is 18.2 Å². The fourth-order valence-electron chi connectivity index (χ4n) is 3.54. The number of hydrogen-bond acceptors (Lipinski definition) is 3. The average Bonchev–Trinajstić information content (AvgIpc) is 2.67. The number of carbonyl (C=O) groups is 1. The molecule has 1 amide bonds. The van der Waals surface area contributed by atoms with E-state index in [9.17, 15) is 4.79 Å². The summed E-state index contributed by atoms with van der Waals surface area (Å²) in [7, 11) is 0. The highest BCUT2D eigenvalue weighted by Gasteiger charge is 2.26. The van der Waals surface area contributed by atoms with Gasteiger partial charge >= 0.3 is 0 Å². The van der Waals surface area contributed by atoms with Gasteiger partial charge in [0.15, 0.2) is 0 Å². The molecule has 0 unspecified atom stereocenters. The van der Waals surface area contributed by atoms with Crippen LogP contribution in [0.25, 0.3) is 0 Å². The Morgan fingerprint density at radius 3 is 2.73 bits per heavy atom. The van der Waals surface area contributed by atoms with Gasteiger partial charge in [-0.1, -0.05) is 50.1 Å². The van der Waals surface area contributed by atoms with Gasteiger partial charge in [0.25, 0.3) is 0 Å². The largest absolute Gasteiger partial charge is 0.492 e. The molecule has 2 aromatic carbocycles. The normalized spacial score (nSPS) is 16.2. The van der Waals surface area contributed by atoms with Crippen molar-refractivity contribution >= 4 is 5.91 Å². The van der Waals surface area contributed by atoms with Gasteiger partial charge in [-0.05, 0) is 48.7 Å². The molecule has 0 spiro atoms. The Labute approximate surface area is 156 Å². The third kappa shape index (κ3) is 4.64. The molecule has 2 aromatic rings. The second-order valence-corrected chi connectivity index (χ2v) is 7.02. The summed E-state index contributed by atoms with van der Waals surface area (Å²) in [4.78, 5) is 14.0. The third-order valence-electron chi connectivity index (χ3n) is 5.03. The number of primary amides is 1. The summed E-state index contributed by atoms with van der Waals surface area (Å²) in [5, 5.41) is 0. The van der Waals surface area contributed by atoms with Gasteiger partial charge in [0, 0.05) is 18.2 Å². The lowest BCUT2D eigenvalue weighted by Crippen LogP contribution is -2.43. The second-order valence-electron chi connectivity index (χ2n) is 7.02. The highest BCUT2D eigenvalue weighted by Crippen LogP contribution is 2.28. The van der Waals surface area contributed by atoms with E-state index in [2.05, 4.69) is 42.2 Å². The number of unbranched alkanes of at least 4 members (excludes halogenated alkanes) is 2. The van der Waals surface area contributed by atoms with Crippen LogP contribution in [0.3, 0.4) is 0 Å². The van der Waals surface area contributed by atoms with Crippen molar-refractivity contribution in [3.05, 3.63) is 65.2 Å². The summed E-state index contributed by atoms with van der Waals surface area (Å²) >= 11 is 0. The minimum absolute atomic E-state index is 0.308. The van der Waals surface area contributed by atoms with E-state index in [4.69, 9.17) is 10.5 Å². The second kappa shape index (κ2) is 8.86. The SMILES string of the molecule is CCCCCN(Cc1ccccc1)[C@@H]1COc2ccc(C(N)=O)cc2C1. The monoisotopic (exact) mass is 352 g/mol. The predicted octanol–water partition coefficient (Wildman–Crippen LogP) is 3.78. The smallest absolute Gasteiger partial charge is 0.248 e. The molecule has 0 radical (unpaired) electrons. The first kappa shape index (κ1) is 18.5. The standard InChI is InChI=1S/C22H28N2O2/c1-2-3-7-12-24(15-17-8-5-4-6-9-17)20-14-19-13-18(22(23)25)10-11-21(19)26-16-20/h4-6,8-11,13,20H,2-3,7,12,14-16H2,1H3,(H2,23,25)/t20-/m0/s1. The molecule has 1 aliphatic rings. The molecule has 0 saturated heterocycles. The predicted molar refractivity (Wildman–Crippen MR) is 104 cm³/mol. The zero-order valence-corrected chi connectivity index (χ0v) is 15.5. The van der Waals surface area contributed by atoms with Gasteiger partial charge in [0.2, 0.25) is 5.91 Å². The molecule has 3 rings (SSSR count). The van der Waals surface area contributed by atoms with Crippen molar-refractivity contribution in [1.29, 1.82) is 0 Å². The summed E-state index contributed by atoms with van der Waals surface area (Å²) < 4.78 is 6.00. The van der Waals surface area contributed by atoms with Gasteiger partial charge in [0.05, 0.1) is 0 Å². The summed E-state index contributed by atoms with van der Waals surface area (Å²) in [5.74, 6) is 0.485. The van der Waals surface area contributed by atoms with E-state index in [-0.39, 0.29) is 5.91 Å². The molecule has 0 fully saturated rings. The van der Waals surface area contributed by atoms with E-state index in [1.54, 1.807) is 6.07 Å². The number of rotatable bonds is 8. The lowest BCUT2D eigenvalue weighted by molar-refractivity contribution is 0.0998. The molecule has 0 bridgehead atoms. The van der Waals surface area contributed by atoms with Crippen LogP contribution in [0, 0.1) is 0 Å². The number of nitrogens with zero attached hydrogens (tertiary/aromatic N) is 1. The van der Waals surface area contributed by atoms with E-state index in [1.165, 1.54) is 24.8 Å². The Morgan fingerprint density at radius 2 is 2.00 bits per heavy atom. The lowest BCUT2D eigenvalue weighted by Gasteiger charge is -2.35. The number of fused-ring (bicyclic) bond motifs is 1. The minimum atomic E-state index is -0.390. The molecule has 1 atom stereocenters. The first-order valence-corrected chi connectivity index (χ1v) is 9.51. The van der Waals surface area contributed by atoms with Gasteiger partial charge in [0.1, 0.15) is 12.4 Å². The van der Waals surface area contributed by atoms with Crippen molar-refractivity contribution in [2.75, 3.05) is 13.2 Å². The summed E-state index contributed by atoms with van der Waals surface area (Å²) in [6.45, 7) is 4.89. The van der Waals surface area contributed by atoms with Crippen LogP contribution in [0.2, 0.25) is 0 Å². The molecular weight excluding hydrogens is 324 g/mol. The zero-order valence-electron chi connectivity index (χ0n) is 15.5. The number of carbonyl (C=O) groups excluding carboxylic acids is 1. The molecule has 2 N–H and O–H groups in total. The topological polar surface area (TPSA) is 55.6 Å². The Kier molecular flexibility index (Phi) is 6.29. The fraction of sp³-hybridized carbons (Fsp3) is 0.409. The molecule has 0 aliphatic carbocycles. The van der Waals surface area contributed by atoms with Crippen LogP contribution < -0.4 is 10.5 Å². The van der Waals surface area contributed by atoms with Gasteiger partial charge in [-0.25, -0.2) is 0 Å². The Hall–Kier alpha value is -2.33. The van der Waals surface area contributed by atoms with Crippen molar-refractivity contribution < 1.29 is 9.53 Å². The molecule has 4 heteroatoms. The van der Waals surface area contributed by atoms with Crippen molar-refractivity contribution in [1.82, 2.24) is 4.90 Å².